The molecule has 0 spiro atoms. The summed E-state index contributed by atoms with van der Waals surface area (Å²) >= 11 is 0. The minimum absolute atomic E-state index is 1.13. The molecule has 0 radical (unpaired) electrons. The lowest BCUT2D eigenvalue weighted by molar-refractivity contribution is 1.41. The van der Waals surface area contributed by atoms with Crippen LogP contribution in [0.4, 0.5) is 0 Å². The van der Waals surface area contributed by atoms with Gasteiger partial charge in [0, 0.05) is 7.05 Å². The van der Waals surface area contributed by atoms with E-state index in [2.05, 4.69) is 26.7 Å². The molecule has 0 N–H and O–H groups in total. The molecular formula is C6H13B2N. The van der Waals surface area contributed by atoms with Crippen LogP contribution < -0.4 is 0 Å². The molecule has 0 atom stereocenters. The van der Waals surface area contributed by atoms with Gasteiger partial charge in [-0.3, -0.25) is 0 Å². The van der Waals surface area contributed by atoms with Gasteiger partial charge < -0.3 is 4.99 Å². The first-order valence-corrected chi connectivity index (χ1v) is 3.17. The van der Waals surface area contributed by atoms with E-state index in [1.165, 1.54) is 11.0 Å². The maximum atomic E-state index is 4.07. The summed E-state index contributed by atoms with van der Waals surface area (Å²) in [5, 5.41) is 0. The molecule has 0 aliphatic carbocycles. The van der Waals surface area contributed by atoms with Gasteiger partial charge in [0.1, 0.15) is 7.85 Å². The maximum absolute atomic E-state index is 4.07. The van der Waals surface area contributed by atoms with Crippen molar-refractivity contribution in [3.05, 3.63) is 11.0 Å². The Morgan fingerprint density at radius 3 is 1.78 bits per heavy atom. The van der Waals surface area contributed by atoms with Gasteiger partial charge in [0.2, 0.25) is 0 Å². The van der Waals surface area contributed by atoms with Gasteiger partial charge >= 0.3 is 0 Å². The normalized spacial score (nSPS) is 15.2. The zero-order valence-corrected chi connectivity index (χ0v) is 6.95. The van der Waals surface area contributed by atoms with Crippen molar-refractivity contribution < 1.29 is 0 Å². The SMILES string of the molecule is BC(=N/C)/C(C)=C(/B)C. The number of rotatable bonds is 1. The van der Waals surface area contributed by atoms with Gasteiger partial charge in [-0.25, -0.2) is 0 Å². The second-order valence-corrected chi connectivity index (χ2v) is 2.43. The summed E-state index contributed by atoms with van der Waals surface area (Å²) in [7, 11) is 5.95. The van der Waals surface area contributed by atoms with Crippen LogP contribution >= 0.6 is 0 Å². The van der Waals surface area contributed by atoms with E-state index in [9.17, 15) is 0 Å². The average molecular weight is 121 g/mol. The van der Waals surface area contributed by atoms with Crippen LogP contribution in [0.15, 0.2) is 16.0 Å². The van der Waals surface area contributed by atoms with Gasteiger partial charge in [0.25, 0.3) is 0 Å². The first-order valence-electron chi connectivity index (χ1n) is 3.17. The van der Waals surface area contributed by atoms with Gasteiger partial charge in [0.15, 0.2) is 7.85 Å². The van der Waals surface area contributed by atoms with Gasteiger partial charge in [0.05, 0.1) is 0 Å². The molecule has 0 aliphatic heterocycles. The average Bonchev–Trinajstić information content (AvgIpc) is 1.84. The van der Waals surface area contributed by atoms with Crippen molar-refractivity contribution in [2.24, 2.45) is 4.99 Å². The highest BCUT2D eigenvalue weighted by atomic mass is 14.7. The van der Waals surface area contributed by atoms with Crippen molar-refractivity contribution in [2.45, 2.75) is 13.8 Å². The fourth-order valence-electron chi connectivity index (χ4n) is 0.530. The Morgan fingerprint density at radius 2 is 1.67 bits per heavy atom. The molecule has 0 rings (SSSR count). The van der Waals surface area contributed by atoms with Crippen LogP contribution in [0, 0.1) is 0 Å². The van der Waals surface area contributed by atoms with Crippen LogP contribution in [-0.4, -0.2) is 28.4 Å². The lowest BCUT2D eigenvalue weighted by atomic mass is 9.84. The topological polar surface area (TPSA) is 12.4 Å². The Balaban J connectivity index is 4.40. The Morgan fingerprint density at radius 1 is 1.22 bits per heavy atom. The molecule has 0 unspecified atom stereocenters. The van der Waals surface area contributed by atoms with Crippen LogP contribution in [0.25, 0.3) is 0 Å². The van der Waals surface area contributed by atoms with Gasteiger partial charge in [-0.2, -0.15) is 0 Å². The molecule has 0 bridgehead atoms. The van der Waals surface area contributed by atoms with Crippen LogP contribution in [0.1, 0.15) is 13.8 Å². The molecule has 0 aromatic rings. The number of nitrogens with zero attached hydrogens (tertiary/aromatic N) is 1. The summed E-state index contributed by atoms with van der Waals surface area (Å²) in [5.41, 5.74) is 3.78. The predicted molar refractivity (Wildman–Crippen MR) is 48.8 cm³/mol. The smallest absolute Gasteiger partial charge is 0.163 e. The molecule has 0 amide bonds. The molecule has 0 aliphatic rings. The first-order chi connectivity index (χ1) is 4.09. The number of allylic oxidation sites excluding steroid dienone is 2. The van der Waals surface area contributed by atoms with Crippen LogP contribution in [0.2, 0.25) is 0 Å². The number of hydrogen-bond acceptors (Lipinski definition) is 1. The fourth-order valence-corrected chi connectivity index (χ4v) is 0.530. The van der Waals surface area contributed by atoms with E-state index >= 15 is 0 Å². The summed E-state index contributed by atoms with van der Waals surface area (Å²) in [6.45, 7) is 4.20. The molecule has 0 saturated carbocycles. The molecule has 3 heteroatoms. The summed E-state index contributed by atoms with van der Waals surface area (Å²) in [4.78, 5) is 4.07. The predicted octanol–water partition coefficient (Wildman–Crippen LogP) is -0.425. The second kappa shape index (κ2) is 3.54. The summed E-state index contributed by atoms with van der Waals surface area (Å²) < 4.78 is 0. The third-order valence-corrected chi connectivity index (χ3v) is 1.63. The van der Waals surface area contributed by atoms with Crippen LogP contribution in [0.3, 0.4) is 0 Å². The maximum Gasteiger partial charge on any atom is 0.163 e. The highest BCUT2D eigenvalue weighted by Crippen LogP contribution is 1.98. The summed E-state index contributed by atoms with van der Waals surface area (Å²) in [6, 6.07) is 0. The van der Waals surface area contributed by atoms with E-state index < -0.39 is 0 Å². The van der Waals surface area contributed by atoms with E-state index in [4.69, 9.17) is 0 Å². The van der Waals surface area contributed by atoms with Crippen LogP contribution in [0.5, 0.6) is 0 Å². The Kier molecular flexibility index (Phi) is 3.36. The Labute approximate surface area is 59.1 Å². The molecule has 1 nitrogen and oxygen atoms in total. The van der Waals surface area contributed by atoms with E-state index in [1.54, 1.807) is 0 Å². The molecule has 0 heterocycles. The van der Waals surface area contributed by atoms with E-state index in [0.717, 1.165) is 5.61 Å². The summed E-state index contributed by atoms with van der Waals surface area (Å²) in [6.07, 6.45) is 0. The standard InChI is InChI=1S/C6H13B2N/c1-4(5(2)7)6(8)9-3/h7-8H2,1-3H3/b5-4+,9-6+. The molecule has 0 aromatic heterocycles. The summed E-state index contributed by atoms with van der Waals surface area (Å²) in [5.74, 6) is 0. The van der Waals surface area contributed by atoms with E-state index in [1.807, 2.05) is 14.9 Å². The van der Waals surface area contributed by atoms with E-state index in [-0.39, 0.29) is 0 Å². The molecular weight excluding hydrogens is 108 g/mol. The number of hydrogen-bond donors (Lipinski definition) is 0. The first kappa shape index (κ1) is 8.54. The van der Waals surface area contributed by atoms with Crippen molar-refractivity contribution in [1.29, 1.82) is 0 Å². The number of aliphatic imine (C=N–C) groups is 1. The lowest BCUT2D eigenvalue weighted by Gasteiger charge is -2.00. The zero-order valence-electron chi connectivity index (χ0n) is 6.95. The Bertz CT molecular complexity index is 154. The molecule has 0 aromatic carbocycles. The molecule has 48 valence electrons. The van der Waals surface area contributed by atoms with Gasteiger partial charge in [-0.15, -0.1) is 5.47 Å². The third kappa shape index (κ3) is 2.54. The van der Waals surface area contributed by atoms with E-state index in [0.29, 0.717) is 0 Å². The van der Waals surface area contributed by atoms with Gasteiger partial charge in [-0.05, 0) is 12.5 Å². The largest absolute Gasteiger partial charge is 0.304 e. The highest BCUT2D eigenvalue weighted by molar-refractivity contribution is 6.64. The third-order valence-electron chi connectivity index (χ3n) is 1.63. The second-order valence-electron chi connectivity index (χ2n) is 2.43. The highest BCUT2D eigenvalue weighted by Gasteiger charge is 1.92. The molecule has 9 heavy (non-hydrogen) atoms. The minimum atomic E-state index is 1.13. The zero-order chi connectivity index (χ0) is 7.44. The van der Waals surface area contributed by atoms with Crippen molar-refractivity contribution in [3.63, 3.8) is 0 Å². The molecule has 0 saturated heterocycles. The van der Waals surface area contributed by atoms with Gasteiger partial charge in [-0.1, -0.05) is 12.5 Å². The molecule has 0 fully saturated rings. The quantitative estimate of drug-likeness (QED) is 0.329. The fraction of sp³-hybridized carbons (Fsp3) is 0.500. The monoisotopic (exact) mass is 121 g/mol. The minimum Gasteiger partial charge on any atom is -0.304 e. The van der Waals surface area contributed by atoms with Crippen molar-refractivity contribution in [2.75, 3.05) is 7.05 Å². The lowest BCUT2D eigenvalue weighted by Crippen LogP contribution is -2.01. The van der Waals surface area contributed by atoms with Crippen molar-refractivity contribution in [3.8, 4) is 0 Å². The van der Waals surface area contributed by atoms with Crippen LogP contribution in [-0.2, 0) is 0 Å². The van der Waals surface area contributed by atoms with Crippen molar-refractivity contribution in [1.82, 2.24) is 0 Å². The van der Waals surface area contributed by atoms with Crippen molar-refractivity contribution >= 4 is 21.3 Å². The Hall–Kier alpha value is -0.460.